The number of hydrogen-bond donors (Lipinski definition) is 0. The van der Waals surface area contributed by atoms with Crippen LogP contribution < -0.4 is 4.90 Å². The molecule has 0 aromatic heterocycles. The van der Waals surface area contributed by atoms with Gasteiger partial charge in [0.1, 0.15) is 5.41 Å². The van der Waals surface area contributed by atoms with Gasteiger partial charge in [-0.1, -0.05) is 127 Å². The van der Waals surface area contributed by atoms with Crippen LogP contribution >= 0.6 is 0 Å². The summed E-state index contributed by atoms with van der Waals surface area (Å²) in [6, 6.07) is 40.5. The number of Topliss-reactive ketones (excluding diaryl/α,β-unsaturated/α-hetero) is 4. The summed E-state index contributed by atoms with van der Waals surface area (Å²) in [6.07, 6.45) is 0. The van der Waals surface area contributed by atoms with Crippen molar-refractivity contribution in [2.24, 2.45) is 5.41 Å². The predicted molar refractivity (Wildman–Crippen MR) is 163 cm³/mol. The minimum Gasteiger partial charge on any atom is -0.343 e. The molecule has 0 N–H and O–H groups in total. The lowest BCUT2D eigenvalue weighted by atomic mass is 9.60. The van der Waals surface area contributed by atoms with Crippen LogP contribution in [0.1, 0.15) is 64.5 Å². The van der Waals surface area contributed by atoms with E-state index in [-0.39, 0.29) is 11.6 Å². The molecule has 5 heteroatoms. The molecular formula is C38H25NO4. The molecule has 2 aliphatic carbocycles. The second-order valence-corrected chi connectivity index (χ2v) is 11.4. The average Bonchev–Trinajstić information content (AvgIpc) is 3.57. The molecule has 2 atom stereocenters. The van der Waals surface area contributed by atoms with Crippen LogP contribution in [-0.4, -0.2) is 28.7 Å². The number of ketones is 4. The molecule has 1 fully saturated rings. The summed E-state index contributed by atoms with van der Waals surface area (Å²) in [7, 11) is 0. The van der Waals surface area contributed by atoms with Crippen LogP contribution in [0.3, 0.4) is 0 Å². The van der Waals surface area contributed by atoms with Crippen molar-refractivity contribution in [3.63, 3.8) is 0 Å². The maximum absolute atomic E-state index is 15.1. The summed E-state index contributed by atoms with van der Waals surface area (Å²) in [5.41, 5.74) is -0.635. The highest BCUT2D eigenvalue weighted by molar-refractivity contribution is 6.39. The lowest BCUT2D eigenvalue weighted by molar-refractivity contribution is 0.0620. The van der Waals surface area contributed by atoms with Gasteiger partial charge in [0, 0.05) is 33.9 Å². The van der Waals surface area contributed by atoms with Gasteiger partial charge in [-0.3, -0.25) is 19.2 Å². The summed E-state index contributed by atoms with van der Waals surface area (Å²) in [6.45, 7) is 0. The van der Waals surface area contributed by atoms with Gasteiger partial charge in [0.25, 0.3) is 0 Å². The van der Waals surface area contributed by atoms with E-state index in [1.807, 2.05) is 95.9 Å². The highest BCUT2D eigenvalue weighted by Gasteiger charge is 2.80. The van der Waals surface area contributed by atoms with Gasteiger partial charge in [-0.25, -0.2) is 0 Å². The number of nitrogens with zero attached hydrogens (tertiary/aromatic N) is 1. The van der Waals surface area contributed by atoms with E-state index in [0.29, 0.717) is 39.1 Å². The number of carbonyl (C=O) groups is 4. The number of anilines is 1. The normalized spacial score (nSPS) is 21.1. The minimum absolute atomic E-state index is 0.300. The van der Waals surface area contributed by atoms with Crippen LogP contribution in [0.15, 0.2) is 140 Å². The second-order valence-electron chi connectivity index (χ2n) is 11.4. The first-order chi connectivity index (χ1) is 21.0. The molecule has 0 saturated carbocycles. The van der Waals surface area contributed by atoms with Crippen molar-refractivity contribution in [3.05, 3.63) is 173 Å². The number of para-hydroxylation sites is 1. The third-order valence-corrected chi connectivity index (χ3v) is 9.50. The Morgan fingerprint density at radius 3 is 1.26 bits per heavy atom. The number of carbonyl (C=O) groups excluding carboxylic acids is 4. The van der Waals surface area contributed by atoms with Gasteiger partial charge in [-0.2, -0.15) is 0 Å². The van der Waals surface area contributed by atoms with Gasteiger partial charge >= 0.3 is 0 Å². The second kappa shape index (κ2) is 9.04. The van der Waals surface area contributed by atoms with Crippen molar-refractivity contribution < 1.29 is 19.2 Å². The first kappa shape index (κ1) is 25.3. The fraction of sp³-hybridized carbons (Fsp3) is 0.105. The lowest BCUT2D eigenvalue weighted by Gasteiger charge is -2.40. The van der Waals surface area contributed by atoms with Crippen LogP contribution in [-0.2, 0) is 0 Å². The van der Waals surface area contributed by atoms with Crippen LogP contribution in [0.2, 0.25) is 0 Å². The summed E-state index contributed by atoms with van der Waals surface area (Å²) < 4.78 is 0. The Balaban J connectivity index is 1.58. The number of fused-ring (bicyclic) bond motifs is 2. The van der Waals surface area contributed by atoms with Gasteiger partial charge in [0.15, 0.2) is 28.7 Å². The van der Waals surface area contributed by atoms with E-state index in [2.05, 4.69) is 0 Å². The Morgan fingerprint density at radius 1 is 0.419 bits per heavy atom. The molecule has 1 heterocycles. The monoisotopic (exact) mass is 559 g/mol. The largest absolute Gasteiger partial charge is 0.343 e. The van der Waals surface area contributed by atoms with Crippen LogP contribution in [0.4, 0.5) is 5.69 Å². The minimum atomic E-state index is -1.90. The fourth-order valence-corrected chi connectivity index (χ4v) is 7.98. The summed E-state index contributed by atoms with van der Waals surface area (Å²) >= 11 is 0. The fourth-order valence-electron chi connectivity index (χ4n) is 7.98. The van der Waals surface area contributed by atoms with Crippen LogP contribution in [0.5, 0.6) is 0 Å². The molecule has 0 amide bonds. The summed E-state index contributed by atoms with van der Waals surface area (Å²) in [4.78, 5) is 62.3. The average molecular weight is 560 g/mol. The molecule has 3 aliphatic rings. The SMILES string of the molecule is O=C1c2ccccc2C(=O)C12C(c1ccccc1)N(c1ccccc1)C1(C(=O)c3ccccc3C1=O)C2c1ccccc1. The maximum atomic E-state index is 15.1. The van der Waals surface area contributed by atoms with Gasteiger partial charge in [-0.15, -0.1) is 0 Å². The predicted octanol–water partition coefficient (Wildman–Crippen LogP) is 6.92. The molecule has 0 radical (unpaired) electrons. The number of hydrogen-bond acceptors (Lipinski definition) is 5. The van der Waals surface area contributed by atoms with E-state index in [1.165, 1.54) is 0 Å². The van der Waals surface area contributed by atoms with Crippen molar-refractivity contribution in [1.82, 2.24) is 0 Å². The number of benzene rings is 5. The van der Waals surface area contributed by atoms with E-state index in [4.69, 9.17) is 0 Å². The molecule has 43 heavy (non-hydrogen) atoms. The van der Waals surface area contributed by atoms with Gasteiger partial charge < -0.3 is 4.90 Å². The Morgan fingerprint density at radius 2 is 0.791 bits per heavy atom. The maximum Gasteiger partial charge on any atom is 0.197 e. The smallest absolute Gasteiger partial charge is 0.197 e. The van der Waals surface area contributed by atoms with Crippen molar-refractivity contribution in [1.29, 1.82) is 0 Å². The Labute approximate surface area is 248 Å². The van der Waals surface area contributed by atoms with Crippen molar-refractivity contribution in [2.45, 2.75) is 17.5 Å². The van der Waals surface area contributed by atoms with Crippen molar-refractivity contribution in [2.75, 3.05) is 4.90 Å². The zero-order chi connectivity index (χ0) is 29.3. The molecule has 5 aromatic rings. The highest BCUT2D eigenvalue weighted by Crippen LogP contribution is 2.69. The summed E-state index contributed by atoms with van der Waals surface area (Å²) in [5, 5.41) is 0. The molecule has 1 aliphatic heterocycles. The molecule has 8 rings (SSSR count). The van der Waals surface area contributed by atoms with E-state index in [9.17, 15) is 0 Å². The standard InChI is InChI=1S/C38H25NO4/c40-33-27-20-10-11-21-28(27)34(41)37(33)31(24-14-4-1-5-15-24)38(35(42)29-22-12-13-23-30(29)36(38)43)39(26-18-8-3-9-19-26)32(37)25-16-6-2-7-17-25/h1-23,31-32H. The first-order valence-corrected chi connectivity index (χ1v) is 14.4. The van der Waals surface area contributed by atoms with Gasteiger partial charge in [0.05, 0.1) is 6.04 Å². The molecule has 5 nitrogen and oxygen atoms in total. The summed E-state index contributed by atoms with van der Waals surface area (Å²) in [5.74, 6) is -2.66. The quantitative estimate of drug-likeness (QED) is 0.225. The Kier molecular flexibility index (Phi) is 5.32. The molecule has 2 spiro atoms. The Hall–Kier alpha value is -5.42. The zero-order valence-corrected chi connectivity index (χ0v) is 23.0. The molecule has 0 bridgehead atoms. The van der Waals surface area contributed by atoms with Crippen molar-refractivity contribution >= 4 is 28.8 Å². The van der Waals surface area contributed by atoms with Gasteiger partial charge in [-0.05, 0) is 23.3 Å². The zero-order valence-electron chi connectivity index (χ0n) is 23.0. The topological polar surface area (TPSA) is 71.5 Å². The van der Waals surface area contributed by atoms with E-state index in [1.54, 1.807) is 48.5 Å². The van der Waals surface area contributed by atoms with Crippen molar-refractivity contribution in [3.8, 4) is 0 Å². The molecule has 5 aromatic carbocycles. The molecular weight excluding hydrogens is 534 g/mol. The third-order valence-electron chi connectivity index (χ3n) is 9.50. The van der Waals surface area contributed by atoms with Gasteiger partial charge in [0.2, 0.25) is 0 Å². The highest BCUT2D eigenvalue weighted by atomic mass is 16.2. The number of rotatable bonds is 3. The van der Waals surface area contributed by atoms with Crippen LogP contribution in [0.25, 0.3) is 0 Å². The lowest BCUT2D eigenvalue weighted by Crippen LogP contribution is -2.57. The third kappa shape index (κ3) is 3.01. The van der Waals surface area contributed by atoms with Crippen LogP contribution in [0, 0.1) is 5.41 Å². The van der Waals surface area contributed by atoms with E-state index in [0.717, 1.165) is 0 Å². The molecule has 2 unspecified atom stereocenters. The molecule has 1 saturated heterocycles. The molecule has 206 valence electrons. The Bertz CT molecular complexity index is 1770. The first-order valence-electron chi connectivity index (χ1n) is 14.4. The van der Waals surface area contributed by atoms with E-state index >= 15 is 19.2 Å². The van der Waals surface area contributed by atoms with E-state index < -0.39 is 34.5 Å².